The Labute approximate surface area is 211 Å². The van der Waals surface area contributed by atoms with Gasteiger partial charge < -0.3 is 19.8 Å². The molecule has 3 heterocycles. The number of piperidine rings is 1. The SMILES string of the molecule is O=C(O)C(F)(F)F.O=C(O)C(F)(F)F.c1ccc2c(c1)CCC(CN1CCCCC1CN1CCCC1)O2. The van der Waals surface area contributed by atoms with E-state index in [1.807, 2.05) is 0 Å². The van der Waals surface area contributed by atoms with E-state index in [2.05, 4.69) is 34.1 Å². The van der Waals surface area contributed by atoms with Crippen molar-refractivity contribution in [3.05, 3.63) is 29.8 Å². The monoisotopic (exact) mass is 542 g/mol. The standard InChI is InChI=1S/C20H30N2O.2C2HF3O2/c1-2-9-20-17(7-1)10-11-19(23-20)16-22-14-4-3-8-18(22)15-21-12-5-6-13-21;2*3-2(4,5)1(6)7/h1-2,7,9,18-19H,3-6,8,10-16H2;2*(H,6,7). The molecule has 0 aromatic heterocycles. The second-order valence-corrected chi connectivity index (χ2v) is 9.14. The highest BCUT2D eigenvalue weighted by Gasteiger charge is 2.39. The largest absolute Gasteiger partial charge is 0.490 e. The first-order valence-electron chi connectivity index (χ1n) is 12.1. The molecule has 1 aromatic rings. The first kappa shape index (κ1) is 30.7. The number of benzene rings is 1. The molecule has 2 N–H and O–H groups in total. The number of carboxylic acid groups (broad SMARTS) is 2. The molecule has 0 aliphatic carbocycles. The number of carbonyl (C=O) groups is 2. The van der Waals surface area contributed by atoms with Crippen LogP contribution in [0.15, 0.2) is 24.3 Å². The van der Waals surface area contributed by atoms with E-state index in [1.165, 1.54) is 76.7 Å². The van der Waals surface area contributed by atoms with Crippen LogP contribution in [0.25, 0.3) is 0 Å². The van der Waals surface area contributed by atoms with E-state index < -0.39 is 24.3 Å². The summed E-state index contributed by atoms with van der Waals surface area (Å²) in [5.74, 6) is -4.39. The molecule has 210 valence electrons. The number of rotatable bonds is 4. The molecular weight excluding hydrogens is 510 g/mol. The third-order valence-electron chi connectivity index (χ3n) is 6.34. The number of ether oxygens (including phenoxy) is 1. The Hall–Kier alpha value is -2.54. The first-order valence-corrected chi connectivity index (χ1v) is 12.1. The molecule has 0 spiro atoms. The number of para-hydroxylation sites is 1. The van der Waals surface area contributed by atoms with Gasteiger partial charge >= 0.3 is 24.3 Å². The highest BCUT2D eigenvalue weighted by Crippen LogP contribution is 2.29. The first-order chi connectivity index (χ1) is 17.3. The van der Waals surface area contributed by atoms with Gasteiger partial charge in [0.05, 0.1) is 0 Å². The summed E-state index contributed by atoms with van der Waals surface area (Å²) in [4.78, 5) is 23.2. The Balaban J connectivity index is 0.000000286. The number of likely N-dealkylation sites (tertiary alicyclic amines) is 2. The fourth-order valence-electron chi connectivity index (χ4n) is 4.54. The lowest BCUT2D eigenvalue weighted by molar-refractivity contribution is -0.193. The van der Waals surface area contributed by atoms with Crippen LogP contribution in [0, 0.1) is 0 Å². The van der Waals surface area contributed by atoms with Crippen molar-refractivity contribution in [1.29, 1.82) is 0 Å². The molecule has 2 atom stereocenters. The lowest BCUT2D eigenvalue weighted by atomic mass is 9.98. The normalized spacial score (nSPS) is 22.4. The van der Waals surface area contributed by atoms with Crippen molar-refractivity contribution in [2.24, 2.45) is 0 Å². The molecule has 4 rings (SSSR count). The zero-order valence-electron chi connectivity index (χ0n) is 20.2. The minimum atomic E-state index is -5.08. The number of halogens is 6. The predicted octanol–water partition coefficient (Wildman–Crippen LogP) is 4.60. The Bertz CT molecular complexity index is 850. The third kappa shape index (κ3) is 10.8. The smallest absolute Gasteiger partial charge is 0.489 e. The number of alkyl halides is 6. The Kier molecular flexibility index (Phi) is 11.5. The van der Waals surface area contributed by atoms with Gasteiger partial charge in [-0.15, -0.1) is 0 Å². The van der Waals surface area contributed by atoms with Crippen LogP contribution >= 0.6 is 0 Å². The van der Waals surface area contributed by atoms with Crippen LogP contribution < -0.4 is 4.74 Å². The summed E-state index contributed by atoms with van der Waals surface area (Å²) in [5, 5.41) is 14.2. The molecule has 0 radical (unpaired) electrons. The number of hydrogen-bond acceptors (Lipinski definition) is 5. The summed E-state index contributed by atoms with van der Waals surface area (Å²) in [5.41, 5.74) is 1.39. The molecule has 37 heavy (non-hydrogen) atoms. The van der Waals surface area contributed by atoms with E-state index in [0.717, 1.165) is 18.3 Å². The molecule has 0 bridgehead atoms. The van der Waals surface area contributed by atoms with Gasteiger partial charge in [-0.2, -0.15) is 26.3 Å². The second kappa shape index (κ2) is 13.8. The molecular formula is C24H32F6N2O5. The Morgan fingerprint density at radius 1 is 0.838 bits per heavy atom. The predicted molar refractivity (Wildman–Crippen MR) is 121 cm³/mol. The molecule has 0 saturated carbocycles. The summed E-state index contributed by atoms with van der Waals surface area (Å²) >= 11 is 0. The summed E-state index contributed by atoms with van der Waals surface area (Å²) in [6.45, 7) is 6.30. The van der Waals surface area contributed by atoms with Gasteiger partial charge in [-0.3, -0.25) is 4.90 Å². The van der Waals surface area contributed by atoms with Crippen LogP contribution in [0.3, 0.4) is 0 Å². The molecule has 0 amide bonds. The average Bonchev–Trinajstić information content (AvgIpc) is 3.33. The zero-order chi connectivity index (χ0) is 27.6. The van der Waals surface area contributed by atoms with Crippen LogP contribution in [-0.4, -0.2) is 89.2 Å². The number of carboxylic acids is 2. The number of fused-ring (bicyclic) bond motifs is 1. The topological polar surface area (TPSA) is 90.3 Å². The van der Waals surface area contributed by atoms with Crippen molar-refractivity contribution in [1.82, 2.24) is 9.80 Å². The number of hydrogen-bond donors (Lipinski definition) is 2. The van der Waals surface area contributed by atoms with Crippen molar-refractivity contribution in [2.45, 2.75) is 69.4 Å². The van der Waals surface area contributed by atoms with Gasteiger partial charge in [-0.05, 0) is 69.8 Å². The third-order valence-corrected chi connectivity index (χ3v) is 6.34. The minimum Gasteiger partial charge on any atom is -0.489 e. The lowest BCUT2D eigenvalue weighted by Gasteiger charge is -2.40. The average molecular weight is 543 g/mol. The lowest BCUT2D eigenvalue weighted by Crippen LogP contribution is -2.50. The van der Waals surface area contributed by atoms with E-state index in [4.69, 9.17) is 24.5 Å². The van der Waals surface area contributed by atoms with Gasteiger partial charge in [-0.25, -0.2) is 9.59 Å². The fraction of sp³-hybridized carbons (Fsp3) is 0.667. The van der Waals surface area contributed by atoms with Gasteiger partial charge in [0.15, 0.2) is 0 Å². The quantitative estimate of drug-likeness (QED) is 0.538. The van der Waals surface area contributed by atoms with Crippen molar-refractivity contribution in [3.63, 3.8) is 0 Å². The summed E-state index contributed by atoms with van der Waals surface area (Å²) < 4.78 is 69.8. The minimum absolute atomic E-state index is 0.379. The van der Waals surface area contributed by atoms with Crippen LogP contribution in [0.1, 0.15) is 44.1 Å². The van der Waals surface area contributed by atoms with Gasteiger partial charge in [-0.1, -0.05) is 24.6 Å². The number of nitrogens with zero attached hydrogens (tertiary/aromatic N) is 2. The maximum Gasteiger partial charge on any atom is 0.490 e. The van der Waals surface area contributed by atoms with Crippen LogP contribution in [-0.2, 0) is 16.0 Å². The zero-order valence-corrected chi connectivity index (χ0v) is 20.2. The molecule has 3 aliphatic rings. The number of aryl methyl sites for hydroxylation is 1. The highest BCUT2D eigenvalue weighted by atomic mass is 19.4. The van der Waals surface area contributed by atoms with Gasteiger partial charge in [0.25, 0.3) is 0 Å². The van der Waals surface area contributed by atoms with E-state index in [9.17, 15) is 26.3 Å². The molecule has 2 saturated heterocycles. The Morgan fingerprint density at radius 3 is 1.95 bits per heavy atom. The molecule has 1 aromatic carbocycles. The van der Waals surface area contributed by atoms with E-state index in [1.54, 1.807) is 0 Å². The van der Waals surface area contributed by atoms with Crippen molar-refractivity contribution in [2.75, 3.05) is 32.7 Å². The maximum atomic E-state index is 10.6. The maximum absolute atomic E-state index is 10.6. The molecule has 3 aliphatic heterocycles. The van der Waals surface area contributed by atoms with Crippen LogP contribution in [0.2, 0.25) is 0 Å². The van der Waals surface area contributed by atoms with Gasteiger partial charge in [0, 0.05) is 19.1 Å². The van der Waals surface area contributed by atoms with Crippen molar-refractivity contribution >= 4 is 11.9 Å². The van der Waals surface area contributed by atoms with E-state index in [-0.39, 0.29) is 0 Å². The Morgan fingerprint density at radius 2 is 1.38 bits per heavy atom. The summed E-state index contributed by atoms with van der Waals surface area (Å²) in [6, 6.07) is 9.32. The highest BCUT2D eigenvalue weighted by molar-refractivity contribution is 5.73. The van der Waals surface area contributed by atoms with Crippen molar-refractivity contribution in [3.8, 4) is 5.75 Å². The molecule has 2 unspecified atom stereocenters. The van der Waals surface area contributed by atoms with Crippen molar-refractivity contribution < 1.29 is 50.9 Å². The fourth-order valence-corrected chi connectivity index (χ4v) is 4.54. The molecule has 7 nitrogen and oxygen atoms in total. The van der Waals surface area contributed by atoms with Gasteiger partial charge in [0.1, 0.15) is 11.9 Å². The van der Waals surface area contributed by atoms with E-state index in [0.29, 0.717) is 6.10 Å². The summed E-state index contributed by atoms with van der Waals surface area (Å²) in [6.07, 6.45) is -0.507. The van der Waals surface area contributed by atoms with Crippen LogP contribution in [0.4, 0.5) is 26.3 Å². The molecule has 13 heteroatoms. The number of aliphatic carboxylic acids is 2. The van der Waals surface area contributed by atoms with Gasteiger partial charge in [0.2, 0.25) is 0 Å². The van der Waals surface area contributed by atoms with Crippen LogP contribution in [0.5, 0.6) is 5.75 Å². The second-order valence-electron chi connectivity index (χ2n) is 9.14. The molecule has 2 fully saturated rings. The van der Waals surface area contributed by atoms with E-state index >= 15 is 0 Å². The summed E-state index contributed by atoms with van der Waals surface area (Å²) in [7, 11) is 0.